The van der Waals surface area contributed by atoms with Crippen molar-refractivity contribution in [1.82, 2.24) is 5.43 Å². The quantitative estimate of drug-likeness (QED) is 0.616. The van der Waals surface area contributed by atoms with Gasteiger partial charge in [-0.2, -0.15) is 0 Å². The first kappa shape index (κ1) is 12.4. The third-order valence-corrected chi connectivity index (χ3v) is 3.43. The second kappa shape index (κ2) is 5.49. The van der Waals surface area contributed by atoms with Crippen LogP contribution in [0, 0.1) is 5.92 Å². The van der Waals surface area contributed by atoms with Gasteiger partial charge in [0.1, 0.15) is 5.75 Å². The Balaban J connectivity index is 2.28. The largest absolute Gasteiger partial charge is 0.496 e. The molecule has 0 aromatic heterocycles. The van der Waals surface area contributed by atoms with E-state index in [1.165, 1.54) is 0 Å². The SMILES string of the molecule is COc1ccccc1C(NN)C1OCCC1C. The average Bonchev–Trinajstić information content (AvgIpc) is 2.78. The second-order valence-electron chi connectivity index (χ2n) is 4.49. The van der Waals surface area contributed by atoms with Crippen molar-refractivity contribution >= 4 is 0 Å². The summed E-state index contributed by atoms with van der Waals surface area (Å²) in [6, 6.07) is 7.89. The highest BCUT2D eigenvalue weighted by Crippen LogP contribution is 2.34. The van der Waals surface area contributed by atoms with Crippen molar-refractivity contribution in [3.05, 3.63) is 29.8 Å². The number of para-hydroxylation sites is 1. The minimum absolute atomic E-state index is 0.0244. The Hall–Kier alpha value is -1.10. The number of ether oxygens (including phenoxy) is 2. The molecule has 1 saturated heterocycles. The van der Waals surface area contributed by atoms with E-state index in [-0.39, 0.29) is 12.1 Å². The van der Waals surface area contributed by atoms with Gasteiger partial charge in [-0.1, -0.05) is 25.1 Å². The van der Waals surface area contributed by atoms with E-state index >= 15 is 0 Å². The fraction of sp³-hybridized carbons (Fsp3) is 0.538. The number of hydrogen-bond acceptors (Lipinski definition) is 4. The number of methoxy groups -OCH3 is 1. The average molecular weight is 236 g/mol. The summed E-state index contributed by atoms with van der Waals surface area (Å²) >= 11 is 0. The lowest BCUT2D eigenvalue weighted by molar-refractivity contribution is 0.0599. The first-order valence-corrected chi connectivity index (χ1v) is 5.98. The molecule has 1 heterocycles. The van der Waals surface area contributed by atoms with E-state index in [2.05, 4.69) is 12.3 Å². The fourth-order valence-electron chi connectivity index (χ4n) is 2.43. The Kier molecular flexibility index (Phi) is 3.99. The molecule has 0 saturated carbocycles. The minimum atomic E-state index is -0.0244. The van der Waals surface area contributed by atoms with E-state index in [9.17, 15) is 0 Å². The number of nitrogens with one attached hydrogen (secondary N) is 1. The molecule has 2 rings (SSSR count). The number of benzene rings is 1. The maximum atomic E-state index is 5.77. The van der Waals surface area contributed by atoms with E-state index in [0.29, 0.717) is 5.92 Å². The van der Waals surface area contributed by atoms with Crippen LogP contribution in [0.1, 0.15) is 24.9 Å². The highest BCUT2D eigenvalue weighted by Gasteiger charge is 2.33. The van der Waals surface area contributed by atoms with Gasteiger partial charge in [0, 0.05) is 12.2 Å². The smallest absolute Gasteiger partial charge is 0.123 e. The van der Waals surface area contributed by atoms with Gasteiger partial charge in [0.05, 0.1) is 19.3 Å². The van der Waals surface area contributed by atoms with Crippen LogP contribution < -0.4 is 16.0 Å². The van der Waals surface area contributed by atoms with Crippen molar-refractivity contribution in [2.24, 2.45) is 11.8 Å². The summed E-state index contributed by atoms with van der Waals surface area (Å²) in [4.78, 5) is 0. The first-order valence-electron chi connectivity index (χ1n) is 5.98. The predicted octanol–water partition coefficient (Wildman–Crippen LogP) is 1.62. The molecule has 1 aromatic carbocycles. The summed E-state index contributed by atoms with van der Waals surface area (Å²) in [5.41, 5.74) is 3.91. The van der Waals surface area contributed by atoms with Crippen LogP contribution in [0.4, 0.5) is 0 Å². The molecule has 94 valence electrons. The summed E-state index contributed by atoms with van der Waals surface area (Å²) in [5.74, 6) is 7.03. The van der Waals surface area contributed by atoms with E-state index in [0.717, 1.165) is 24.3 Å². The van der Waals surface area contributed by atoms with Gasteiger partial charge in [-0.05, 0) is 18.4 Å². The minimum Gasteiger partial charge on any atom is -0.496 e. The molecule has 1 aromatic rings. The highest BCUT2D eigenvalue weighted by molar-refractivity contribution is 5.36. The van der Waals surface area contributed by atoms with Gasteiger partial charge in [0.25, 0.3) is 0 Å². The molecule has 0 radical (unpaired) electrons. The van der Waals surface area contributed by atoms with Crippen LogP contribution in [0.25, 0.3) is 0 Å². The van der Waals surface area contributed by atoms with Gasteiger partial charge in [-0.15, -0.1) is 0 Å². The first-order chi connectivity index (χ1) is 8.27. The van der Waals surface area contributed by atoms with Gasteiger partial charge in [0.15, 0.2) is 0 Å². The molecule has 17 heavy (non-hydrogen) atoms. The zero-order chi connectivity index (χ0) is 12.3. The molecule has 0 aliphatic carbocycles. The molecular formula is C13H20N2O2. The van der Waals surface area contributed by atoms with Crippen molar-refractivity contribution < 1.29 is 9.47 Å². The maximum absolute atomic E-state index is 5.77. The van der Waals surface area contributed by atoms with Crippen molar-refractivity contribution in [2.75, 3.05) is 13.7 Å². The predicted molar refractivity (Wildman–Crippen MR) is 66.6 cm³/mol. The zero-order valence-electron chi connectivity index (χ0n) is 10.3. The van der Waals surface area contributed by atoms with Crippen molar-refractivity contribution in [3.63, 3.8) is 0 Å². The number of hydrogen-bond donors (Lipinski definition) is 2. The monoisotopic (exact) mass is 236 g/mol. The van der Waals surface area contributed by atoms with E-state index in [4.69, 9.17) is 15.3 Å². The van der Waals surface area contributed by atoms with Gasteiger partial charge in [-0.3, -0.25) is 11.3 Å². The van der Waals surface area contributed by atoms with Gasteiger partial charge < -0.3 is 9.47 Å². The van der Waals surface area contributed by atoms with Crippen LogP contribution in [0.2, 0.25) is 0 Å². The van der Waals surface area contributed by atoms with Crippen LogP contribution in [0.3, 0.4) is 0 Å². The molecule has 0 bridgehead atoms. The molecule has 1 fully saturated rings. The van der Waals surface area contributed by atoms with Crippen LogP contribution >= 0.6 is 0 Å². The summed E-state index contributed by atoms with van der Waals surface area (Å²) in [6.45, 7) is 3.00. The number of hydrazine groups is 1. The second-order valence-corrected chi connectivity index (χ2v) is 4.49. The summed E-state index contributed by atoms with van der Waals surface area (Å²) in [7, 11) is 1.67. The topological polar surface area (TPSA) is 56.5 Å². The molecule has 0 amide bonds. The Labute approximate surface area is 102 Å². The molecule has 3 atom stereocenters. The van der Waals surface area contributed by atoms with Gasteiger partial charge in [0.2, 0.25) is 0 Å². The summed E-state index contributed by atoms with van der Waals surface area (Å²) in [6.07, 6.45) is 1.19. The maximum Gasteiger partial charge on any atom is 0.123 e. The summed E-state index contributed by atoms with van der Waals surface area (Å²) in [5, 5.41) is 0. The third-order valence-electron chi connectivity index (χ3n) is 3.43. The third kappa shape index (κ3) is 2.44. The highest BCUT2D eigenvalue weighted by atomic mass is 16.5. The molecule has 3 unspecified atom stereocenters. The Morgan fingerprint density at radius 2 is 2.24 bits per heavy atom. The summed E-state index contributed by atoms with van der Waals surface area (Å²) < 4.78 is 11.1. The van der Waals surface area contributed by atoms with Gasteiger partial charge in [-0.25, -0.2) is 0 Å². The standard InChI is InChI=1S/C13H20N2O2/c1-9-7-8-17-13(9)12(15-14)10-5-3-4-6-11(10)16-2/h3-6,9,12-13,15H,7-8,14H2,1-2H3. The number of rotatable bonds is 4. The van der Waals surface area contributed by atoms with E-state index in [1.807, 2.05) is 24.3 Å². The molecule has 3 N–H and O–H groups in total. The fourth-order valence-corrected chi connectivity index (χ4v) is 2.43. The lowest BCUT2D eigenvalue weighted by Crippen LogP contribution is -2.38. The van der Waals surface area contributed by atoms with Crippen molar-refractivity contribution in [1.29, 1.82) is 0 Å². The Bertz CT molecular complexity index is 370. The normalized spacial score (nSPS) is 25.8. The number of nitrogens with two attached hydrogens (primary N) is 1. The molecular weight excluding hydrogens is 216 g/mol. The molecule has 0 spiro atoms. The Morgan fingerprint density at radius 1 is 1.47 bits per heavy atom. The van der Waals surface area contributed by atoms with Crippen LogP contribution in [0.5, 0.6) is 5.75 Å². The van der Waals surface area contributed by atoms with E-state index < -0.39 is 0 Å². The molecule has 4 heteroatoms. The van der Waals surface area contributed by atoms with E-state index in [1.54, 1.807) is 7.11 Å². The van der Waals surface area contributed by atoms with Crippen molar-refractivity contribution in [2.45, 2.75) is 25.5 Å². The van der Waals surface area contributed by atoms with Gasteiger partial charge >= 0.3 is 0 Å². The lowest BCUT2D eigenvalue weighted by Gasteiger charge is -2.27. The van der Waals surface area contributed by atoms with Crippen LogP contribution in [-0.2, 0) is 4.74 Å². The molecule has 4 nitrogen and oxygen atoms in total. The van der Waals surface area contributed by atoms with Crippen molar-refractivity contribution in [3.8, 4) is 5.75 Å². The van der Waals surface area contributed by atoms with Crippen LogP contribution in [-0.4, -0.2) is 19.8 Å². The Morgan fingerprint density at radius 3 is 2.82 bits per heavy atom. The zero-order valence-corrected chi connectivity index (χ0v) is 10.3. The van der Waals surface area contributed by atoms with Crippen LogP contribution in [0.15, 0.2) is 24.3 Å². The lowest BCUT2D eigenvalue weighted by atomic mass is 9.92. The molecule has 1 aliphatic heterocycles. The molecule has 1 aliphatic rings.